The summed E-state index contributed by atoms with van der Waals surface area (Å²) in [6, 6.07) is 4.50. The van der Waals surface area contributed by atoms with Crippen molar-refractivity contribution in [3.63, 3.8) is 0 Å². The van der Waals surface area contributed by atoms with E-state index in [4.69, 9.17) is 9.47 Å². The average molecular weight is 495 g/mol. The summed E-state index contributed by atoms with van der Waals surface area (Å²) in [5, 5.41) is 13.1. The Morgan fingerprint density at radius 1 is 1.03 bits per heavy atom. The minimum absolute atomic E-state index is 0.169. The predicted molar refractivity (Wildman–Crippen MR) is 139 cm³/mol. The van der Waals surface area contributed by atoms with Gasteiger partial charge in [0.05, 0.1) is 14.2 Å². The van der Waals surface area contributed by atoms with Gasteiger partial charge in [-0.05, 0) is 36.5 Å². The SMILES string of the molecule is CCC(CC)c1cnc(N(C)C)nc1N[C@@H](Cc1cnc(-c2c(OC)cccc2OC)nc1)C(=O)O. The summed E-state index contributed by atoms with van der Waals surface area (Å²) in [4.78, 5) is 32.0. The van der Waals surface area contributed by atoms with E-state index in [1.807, 2.05) is 20.2 Å². The molecule has 0 fully saturated rings. The summed E-state index contributed by atoms with van der Waals surface area (Å²) < 4.78 is 10.9. The molecule has 0 unspecified atom stereocenters. The molecule has 1 aromatic carbocycles. The van der Waals surface area contributed by atoms with Gasteiger partial charge < -0.3 is 24.8 Å². The number of aromatic nitrogens is 4. The van der Waals surface area contributed by atoms with Crippen molar-refractivity contribution in [2.24, 2.45) is 0 Å². The normalized spacial score (nSPS) is 11.8. The number of carbonyl (C=O) groups is 1. The van der Waals surface area contributed by atoms with Crippen LogP contribution in [0.4, 0.5) is 11.8 Å². The second-order valence-corrected chi connectivity index (χ2v) is 8.57. The highest BCUT2D eigenvalue weighted by molar-refractivity contribution is 5.78. The number of benzene rings is 1. The van der Waals surface area contributed by atoms with Gasteiger partial charge in [0.1, 0.15) is 28.9 Å². The molecule has 0 radical (unpaired) electrons. The summed E-state index contributed by atoms with van der Waals surface area (Å²) in [7, 11) is 6.83. The van der Waals surface area contributed by atoms with Crippen LogP contribution in [0.3, 0.4) is 0 Å². The second kappa shape index (κ2) is 12.1. The van der Waals surface area contributed by atoms with Crippen LogP contribution in [-0.4, -0.2) is 65.4 Å². The van der Waals surface area contributed by atoms with E-state index in [0.717, 1.165) is 18.4 Å². The minimum atomic E-state index is -0.994. The summed E-state index contributed by atoms with van der Waals surface area (Å²) in [5.41, 5.74) is 2.21. The van der Waals surface area contributed by atoms with E-state index in [2.05, 4.69) is 39.1 Å². The highest BCUT2D eigenvalue weighted by Crippen LogP contribution is 2.36. The van der Waals surface area contributed by atoms with Crippen LogP contribution in [0.25, 0.3) is 11.4 Å². The largest absolute Gasteiger partial charge is 0.496 e. The lowest BCUT2D eigenvalue weighted by Crippen LogP contribution is -2.33. The van der Waals surface area contributed by atoms with Gasteiger partial charge in [-0.15, -0.1) is 0 Å². The van der Waals surface area contributed by atoms with Crippen LogP contribution in [0.5, 0.6) is 11.5 Å². The molecule has 0 spiro atoms. The quantitative estimate of drug-likeness (QED) is 0.381. The molecular formula is C26H34N6O4. The summed E-state index contributed by atoms with van der Waals surface area (Å²) in [6.45, 7) is 4.20. The first kappa shape index (κ1) is 26.7. The molecule has 2 heterocycles. The van der Waals surface area contributed by atoms with Crippen molar-refractivity contribution < 1.29 is 19.4 Å². The van der Waals surface area contributed by atoms with Gasteiger partial charge in [0.25, 0.3) is 0 Å². The highest BCUT2D eigenvalue weighted by atomic mass is 16.5. The first-order valence-electron chi connectivity index (χ1n) is 11.9. The van der Waals surface area contributed by atoms with Crippen LogP contribution < -0.4 is 19.7 Å². The number of nitrogens with zero attached hydrogens (tertiary/aromatic N) is 5. The van der Waals surface area contributed by atoms with Gasteiger partial charge in [-0.2, -0.15) is 4.98 Å². The van der Waals surface area contributed by atoms with Gasteiger partial charge in [0.15, 0.2) is 5.82 Å². The maximum absolute atomic E-state index is 12.2. The fourth-order valence-corrected chi connectivity index (χ4v) is 4.00. The third-order valence-corrected chi connectivity index (χ3v) is 6.04. The van der Waals surface area contributed by atoms with Crippen molar-refractivity contribution in [3.8, 4) is 22.9 Å². The van der Waals surface area contributed by atoms with Crippen molar-refractivity contribution in [1.82, 2.24) is 19.9 Å². The van der Waals surface area contributed by atoms with Gasteiger partial charge >= 0.3 is 5.97 Å². The second-order valence-electron chi connectivity index (χ2n) is 8.57. The maximum Gasteiger partial charge on any atom is 0.326 e. The molecule has 0 aliphatic rings. The molecule has 2 aromatic heterocycles. The molecular weight excluding hydrogens is 460 g/mol. The number of carboxylic acid groups (broad SMARTS) is 1. The first-order chi connectivity index (χ1) is 17.3. The molecule has 0 bridgehead atoms. The zero-order valence-electron chi connectivity index (χ0n) is 21.6. The summed E-state index contributed by atoms with van der Waals surface area (Å²) >= 11 is 0. The lowest BCUT2D eigenvalue weighted by atomic mass is 9.95. The molecule has 36 heavy (non-hydrogen) atoms. The number of hydrogen-bond donors (Lipinski definition) is 2. The molecule has 192 valence electrons. The highest BCUT2D eigenvalue weighted by Gasteiger charge is 2.24. The van der Waals surface area contributed by atoms with E-state index in [0.29, 0.717) is 40.2 Å². The number of hydrogen-bond acceptors (Lipinski definition) is 9. The van der Waals surface area contributed by atoms with E-state index < -0.39 is 12.0 Å². The van der Waals surface area contributed by atoms with E-state index in [-0.39, 0.29) is 12.3 Å². The topological polar surface area (TPSA) is 123 Å². The molecule has 3 aromatic rings. The Labute approximate surface area is 211 Å². The molecule has 10 nitrogen and oxygen atoms in total. The Bertz CT molecular complexity index is 1140. The van der Waals surface area contributed by atoms with Crippen molar-refractivity contribution in [1.29, 1.82) is 0 Å². The maximum atomic E-state index is 12.2. The summed E-state index contributed by atoms with van der Waals surface area (Å²) in [6.07, 6.45) is 7.00. The monoisotopic (exact) mass is 494 g/mol. The van der Waals surface area contributed by atoms with Gasteiger partial charge in [-0.1, -0.05) is 19.9 Å². The number of anilines is 2. The van der Waals surface area contributed by atoms with E-state index in [1.54, 1.807) is 49.8 Å². The number of nitrogens with one attached hydrogen (secondary N) is 1. The zero-order valence-corrected chi connectivity index (χ0v) is 21.6. The lowest BCUT2D eigenvalue weighted by molar-refractivity contribution is -0.137. The molecule has 2 N–H and O–H groups in total. The van der Waals surface area contributed by atoms with Crippen LogP contribution in [0.2, 0.25) is 0 Å². The smallest absolute Gasteiger partial charge is 0.326 e. The van der Waals surface area contributed by atoms with Crippen LogP contribution in [0.1, 0.15) is 43.7 Å². The third kappa shape index (κ3) is 5.99. The third-order valence-electron chi connectivity index (χ3n) is 6.04. The Balaban J connectivity index is 1.90. The first-order valence-corrected chi connectivity index (χ1v) is 11.9. The molecule has 0 aliphatic carbocycles. The van der Waals surface area contributed by atoms with Gasteiger partial charge in [0, 0.05) is 44.7 Å². The van der Waals surface area contributed by atoms with Crippen molar-refractivity contribution in [2.45, 2.75) is 45.1 Å². The van der Waals surface area contributed by atoms with Crippen LogP contribution in [0, 0.1) is 0 Å². The molecule has 3 rings (SSSR count). The average Bonchev–Trinajstić information content (AvgIpc) is 2.89. The van der Waals surface area contributed by atoms with Crippen molar-refractivity contribution in [3.05, 3.63) is 47.9 Å². The molecule has 1 atom stereocenters. The number of carboxylic acids is 1. The fraction of sp³-hybridized carbons (Fsp3) is 0.423. The van der Waals surface area contributed by atoms with Crippen molar-refractivity contribution >= 4 is 17.7 Å². The molecule has 0 saturated heterocycles. The number of ether oxygens (including phenoxy) is 2. The molecule has 0 aliphatic heterocycles. The Morgan fingerprint density at radius 2 is 1.64 bits per heavy atom. The van der Waals surface area contributed by atoms with Crippen LogP contribution in [-0.2, 0) is 11.2 Å². The Hall–Kier alpha value is -3.95. The minimum Gasteiger partial charge on any atom is -0.496 e. The van der Waals surface area contributed by atoms with Gasteiger partial charge in [-0.25, -0.2) is 19.7 Å². The van der Waals surface area contributed by atoms with Gasteiger partial charge in [-0.3, -0.25) is 0 Å². The molecule has 10 heteroatoms. The number of methoxy groups -OCH3 is 2. The Morgan fingerprint density at radius 3 is 2.14 bits per heavy atom. The molecule has 0 amide bonds. The zero-order chi connectivity index (χ0) is 26.2. The van der Waals surface area contributed by atoms with Crippen LogP contribution >= 0.6 is 0 Å². The molecule has 0 saturated carbocycles. The predicted octanol–water partition coefficient (Wildman–Crippen LogP) is 4.03. The number of rotatable bonds is 12. The van der Waals surface area contributed by atoms with E-state index >= 15 is 0 Å². The van der Waals surface area contributed by atoms with Gasteiger partial charge in [0.2, 0.25) is 5.95 Å². The number of aliphatic carboxylic acids is 1. The fourth-order valence-electron chi connectivity index (χ4n) is 4.00. The van der Waals surface area contributed by atoms with E-state index in [1.165, 1.54) is 0 Å². The lowest BCUT2D eigenvalue weighted by Gasteiger charge is -2.22. The summed E-state index contributed by atoms with van der Waals surface area (Å²) in [5.74, 6) is 1.86. The van der Waals surface area contributed by atoms with Crippen molar-refractivity contribution in [2.75, 3.05) is 38.5 Å². The standard InChI is InChI=1S/C26H34N6O4/c1-7-17(8-2)18-15-29-26(32(3)4)31-23(18)30-19(25(33)34)12-16-13-27-24(28-14-16)22-20(35-5)10-9-11-21(22)36-6/h9-11,13-15,17,19H,7-8,12H2,1-6H3,(H,33,34)(H,29,30,31)/t19-/m0/s1. The Kier molecular flexibility index (Phi) is 8.99. The van der Waals surface area contributed by atoms with Crippen LogP contribution in [0.15, 0.2) is 36.8 Å². The van der Waals surface area contributed by atoms with E-state index in [9.17, 15) is 9.90 Å².